The van der Waals surface area contributed by atoms with E-state index in [-0.39, 0.29) is 0 Å². The van der Waals surface area contributed by atoms with Gasteiger partial charge >= 0.3 is 0 Å². The fourth-order valence-corrected chi connectivity index (χ4v) is 2.56. The molecule has 0 aliphatic heterocycles. The fourth-order valence-electron chi connectivity index (χ4n) is 2.56. The molecule has 3 aromatic rings. The first-order valence-electron chi connectivity index (χ1n) is 6.75. The monoisotopic (exact) mass is 263 g/mol. The zero-order valence-corrected chi connectivity index (χ0v) is 11.7. The Kier molecular flexibility index (Phi) is 3.25. The summed E-state index contributed by atoms with van der Waals surface area (Å²) in [5.41, 5.74) is 3.87. The zero-order chi connectivity index (χ0) is 14.1. The standard InChI is InChI=1S/C18H17NO/c1-12-7-8-13(2)16(11-12)18(20)17-15-6-4-3-5-14(15)9-10-19-17/h3-11,18,20H,1-2H3. The molecule has 0 amide bonds. The topological polar surface area (TPSA) is 33.1 Å². The van der Waals surface area contributed by atoms with Crippen LogP contribution in [0.15, 0.2) is 54.7 Å². The van der Waals surface area contributed by atoms with Gasteiger partial charge in [-0.05, 0) is 36.4 Å². The number of hydrogen-bond donors (Lipinski definition) is 1. The highest BCUT2D eigenvalue weighted by molar-refractivity contribution is 5.84. The van der Waals surface area contributed by atoms with E-state index >= 15 is 0 Å². The van der Waals surface area contributed by atoms with Crippen molar-refractivity contribution in [3.63, 3.8) is 0 Å². The average molecular weight is 263 g/mol. The quantitative estimate of drug-likeness (QED) is 0.760. The zero-order valence-electron chi connectivity index (χ0n) is 11.7. The van der Waals surface area contributed by atoms with Crippen molar-refractivity contribution in [2.24, 2.45) is 0 Å². The van der Waals surface area contributed by atoms with Gasteiger partial charge in [-0.3, -0.25) is 4.98 Å². The Bertz CT molecular complexity index is 759. The van der Waals surface area contributed by atoms with Gasteiger partial charge in [0.15, 0.2) is 0 Å². The van der Waals surface area contributed by atoms with E-state index < -0.39 is 6.10 Å². The molecule has 20 heavy (non-hydrogen) atoms. The van der Waals surface area contributed by atoms with Gasteiger partial charge in [-0.2, -0.15) is 0 Å². The lowest BCUT2D eigenvalue weighted by atomic mass is 9.96. The van der Waals surface area contributed by atoms with Crippen LogP contribution in [0.4, 0.5) is 0 Å². The van der Waals surface area contributed by atoms with Crippen molar-refractivity contribution >= 4 is 10.8 Å². The third-order valence-electron chi connectivity index (χ3n) is 3.69. The van der Waals surface area contributed by atoms with Crippen LogP contribution in [0.25, 0.3) is 10.8 Å². The van der Waals surface area contributed by atoms with Gasteiger partial charge in [-0.15, -0.1) is 0 Å². The Labute approximate surface area is 118 Å². The maximum absolute atomic E-state index is 10.7. The summed E-state index contributed by atoms with van der Waals surface area (Å²) in [4.78, 5) is 4.40. The largest absolute Gasteiger partial charge is 0.382 e. The van der Waals surface area contributed by atoms with E-state index in [1.807, 2.05) is 56.3 Å². The molecule has 2 heteroatoms. The van der Waals surface area contributed by atoms with Crippen molar-refractivity contribution in [1.82, 2.24) is 4.98 Å². The minimum absolute atomic E-state index is 0.694. The van der Waals surface area contributed by atoms with Crippen molar-refractivity contribution in [3.8, 4) is 0 Å². The fraction of sp³-hybridized carbons (Fsp3) is 0.167. The van der Waals surface area contributed by atoms with Crippen LogP contribution in [-0.2, 0) is 0 Å². The van der Waals surface area contributed by atoms with Gasteiger partial charge in [-0.25, -0.2) is 0 Å². The lowest BCUT2D eigenvalue weighted by molar-refractivity contribution is 0.216. The van der Waals surface area contributed by atoms with E-state index in [1.165, 1.54) is 0 Å². The summed E-state index contributed by atoms with van der Waals surface area (Å²) >= 11 is 0. The van der Waals surface area contributed by atoms with Gasteiger partial charge in [0.05, 0.1) is 5.69 Å². The number of aryl methyl sites for hydroxylation is 2. The Morgan fingerprint density at radius 3 is 2.65 bits per heavy atom. The van der Waals surface area contributed by atoms with Crippen LogP contribution in [0, 0.1) is 13.8 Å². The predicted molar refractivity (Wildman–Crippen MR) is 81.7 cm³/mol. The Balaban J connectivity index is 2.17. The number of nitrogens with zero attached hydrogens (tertiary/aromatic N) is 1. The summed E-state index contributed by atoms with van der Waals surface area (Å²) in [6, 6.07) is 16.1. The van der Waals surface area contributed by atoms with E-state index in [1.54, 1.807) is 6.20 Å². The molecule has 1 N–H and O–H groups in total. The molecule has 0 bridgehead atoms. The van der Waals surface area contributed by atoms with Crippen LogP contribution in [0.2, 0.25) is 0 Å². The lowest BCUT2D eigenvalue weighted by Crippen LogP contribution is -2.05. The van der Waals surface area contributed by atoms with Crippen molar-refractivity contribution < 1.29 is 5.11 Å². The molecule has 2 aromatic carbocycles. The van der Waals surface area contributed by atoms with Crippen LogP contribution >= 0.6 is 0 Å². The summed E-state index contributed by atoms with van der Waals surface area (Å²) in [6.45, 7) is 4.05. The SMILES string of the molecule is Cc1ccc(C)c(C(O)c2nccc3ccccc23)c1. The van der Waals surface area contributed by atoms with E-state index in [0.717, 1.165) is 33.2 Å². The van der Waals surface area contributed by atoms with Crippen LogP contribution in [0.5, 0.6) is 0 Å². The van der Waals surface area contributed by atoms with Gasteiger partial charge < -0.3 is 5.11 Å². The van der Waals surface area contributed by atoms with Crippen molar-refractivity contribution in [2.75, 3.05) is 0 Å². The minimum Gasteiger partial charge on any atom is -0.382 e. The first-order chi connectivity index (χ1) is 9.66. The van der Waals surface area contributed by atoms with Crippen molar-refractivity contribution in [2.45, 2.75) is 20.0 Å². The van der Waals surface area contributed by atoms with E-state index in [2.05, 4.69) is 11.1 Å². The number of rotatable bonds is 2. The molecule has 100 valence electrons. The maximum atomic E-state index is 10.7. The van der Waals surface area contributed by atoms with Crippen molar-refractivity contribution in [3.05, 3.63) is 77.1 Å². The van der Waals surface area contributed by atoms with Gasteiger partial charge in [0.2, 0.25) is 0 Å². The molecule has 0 spiro atoms. The second kappa shape index (κ2) is 5.06. The molecule has 1 atom stereocenters. The molecule has 0 saturated carbocycles. The molecule has 3 rings (SSSR count). The predicted octanol–water partition coefficient (Wildman–Crippen LogP) is 3.93. The number of aromatic nitrogens is 1. The molecule has 2 nitrogen and oxygen atoms in total. The third kappa shape index (κ3) is 2.19. The highest BCUT2D eigenvalue weighted by Crippen LogP contribution is 2.29. The summed E-state index contributed by atoms with van der Waals surface area (Å²) in [5.74, 6) is 0. The van der Waals surface area contributed by atoms with Crippen LogP contribution in [-0.4, -0.2) is 10.1 Å². The molecule has 0 aliphatic rings. The number of pyridine rings is 1. The molecular formula is C18H17NO. The molecule has 0 aliphatic carbocycles. The smallest absolute Gasteiger partial charge is 0.122 e. The highest BCUT2D eigenvalue weighted by atomic mass is 16.3. The first-order valence-corrected chi connectivity index (χ1v) is 6.75. The van der Waals surface area contributed by atoms with Crippen LogP contribution < -0.4 is 0 Å². The molecule has 0 saturated heterocycles. The number of aliphatic hydroxyl groups excluding tert-OH is 1. The molecule has 1 unspecified atom stereocenters. The minimum atomic E-state index is -0.694. The van der Waals surface area contributed by atoms with Crippen LogP contribution in [0.1, 0.15) is 28.5 Å². The maximum Gasteiger partial charge on any atom is 0.122 e. The summed E-state index contributed by atoms with van der Waals surface area (Å²) in [7, 11) is 0. The number of benzene rings is 2. The summed E-state index contributed by atoms with van der Waals surface area (Å²) in [6.07, 6.45) is 1.06. The van der Waals surface area contributed by atoms with E-state index in [4.69, 9.17) is 0 Å². The molecule has 1 aromatic heterocycles. The van der Waals surface area contributed by atoms with Gasteiger partial charge in [0, 0.05) is 11.6 Å². The Morgan fingerprint density at radius 2 is 1.80 bits per heavy atom. The van der Waals surface area contributed by atoms with Crippen molar-refractivity contribution in [1.29, 1.82) is 0 Å². The lowest BCUT2D eigenvalue weighted by Gasteiger charge is -2.16. The molecule has 0 fully saturated rings. The molecule has 0 radical (unpaired) electrons. The molecular weight excluding hydrogens is 246 g/mol. The average Bonchev–Trinajstić information content (AvgIpc) is 2.48. The number of hydrogen-bond acceptors (Lipinski definition) is 2. The second-order valence-electron chi connectivity index (χ2n) is 5.18. The second-order valence-corrected chi connectivity index (χ2v) is 5.18. The normalized spacial score (nSPS) is 12.6. The van der Waals surface area contributed by atoms with Gasteiger partial charge in [0.1, 0.15) is 6.10 Å². The first kappa shape index (κ1) is 12.8. The third-order valence-corrected chi connectivity index (χ3v) is 3.69. The molecule has 1 heterocycles. The number of fused-ring (bicyclic) bond motifs is 1. The summed E-state index contributed by atoms with van der Waals surface area (Å²) in [5, 5.41) is 12.8. The van der Waals surface area contributed by atoms with E-state index in [9.17, 15) is 5.11 Å². The van der Waals surface area contributed by atoms with E-state index in [0.29, 0.717) is 0 Å². The van der Waals surface area contributed by atoms with Gasteiger partial charge in [-0.1, -0.05) is 48.0 Å². The highest BCUT2D eigenvalue weighted by Gasteiger charge is 2.16. The van der Waals surface area contributed by atoms with Crippen LogP contribution in [0.3, 0.4) is 0 Å². The Hall–Kier alpha value is -2.19. The summed E-state index contributed by atoms with van der Waals surface area (Å²) < 4.78 is 0. The number of aliphatic hydroxyl groups is 1. The van der Waals surface area contributed by atoms with Gasteiger partial charge in [0.25, 0.3) is 0 Å². The Morgan fingerprint density at radius 1 is 1.00 bits per heavy atom.